The first-order valence-electron chi connectivity index (χ1n) is 7.75. The smallest absolute Gasteiger partial charge is 0.226 e. The Hall–Kier alpha value is -1.06. The Labute approximate surface area is 121 Å². The molecule has 2 amide bonds. The van der Waals surface area contributed by atoms with Gasteiger partial charge < -0.3 is 10.2 Å². The highest BCUT2D eigenvalue weighted by Crippen LogP contribution is 2.68. The number of likely N-dealkylation sites (tertiary alicyclic amines) is 1. The fraction of sp³-hybridized carbons (Fsp3) is 0.875. The molecular weight excluding hydrogens is 252 g/mol. The number of piperidine rings is 1. The lowest BCUT2D eigenvalue weighted by Gasteiger charge is -2.38. The number of amides is 2. The first-order chi connectivity index (χ1) is 9.20. The minimum Gasteiger partial charge on any atom is -0.356 e. The number of nitrogens with one attached hydrogen (secondary N) is 1. The van der Waals surface area contributed by atoms with Crippen LogP contribution in [0.2, 0.25) is 0 Å². The third-order valence-corrected chi connectivity index (χ3v) is 6.60. The highest BCUT2D eigenvalue weighted by atomic mass is 16.2. The molecule has 112 valence electrons. The highest BCUT2D eigenvalue weighted by Gasteiger charge is 2.69. The minimum absolute atomic E-state index is 0.115. The van der Waals surface area contributed by atoms with Crippen LogP contribution in [0.4, 0.5) is 0 Å². The van der Waals surface area contributed by atoms with Gasteiger partial charge >= 0.3 is 0 Å². The molecule has 3 aliphatic rings. The van der Waals surface area contributed by atoms with Crippen LogP contribution < -0.4 is 5.32 Å². The SMILES string of the molecule is CC1(C)C(C(=O)N2CCC3(CC2)CNC(=O)C3)C1(C)C. The Balaban J connectivity index is 1.62. The molecule has 3 fully saturated rings. The maximum absolute atomic E-state index is 12.7. The van der Waals surface area contributed by atoms with Crippen molar-refractivity contribution < 1.29 is 9.59 Å². The van der Waals surface area contributed by atoms with Crippen molar-refractivity contribution in [3.05, 3.63) is 0 Å². The van der Waals surface area contributed by atoms with Crippen LogP contribution in [0.3, 0.4) is 0 Å². The summed E-state index contributed by atoms with van der Waals surface area (Å²) in [6, 6.07) is 0. The largest absolute Gasteiger partial charge is 0.356 e. The van der Waals surface area contributed by atoms with Crippen molar-refractivity contribution >= 4 is 11.8 Å². The van der Waals surface area contributed by atoms with Gasteiger partial charge in [0.1, 0.15) is 0 Å². The molecule has 1 aliphatic carbocycles. The quantitative estimate of drug-likeness (QED) is 0.795. The molecule has 0 aromatic carbocycles. The Morgan fingerprint density at radius 2 is 1.70 bits per heavy atom. The summed E-state index contributed by atoms with van der Waals surface area (Å²) in [5.74, 6) is 0.661. The molecule has 0 unspecified atom stereocenters. The van der Waals surface area contributed by atoms with E-state index in [0.717, 1.165) is 32.5 Å². The van der Waals surface area contributed by atoms with Crippen molar-refractivity contribution in [1.82, 2.24) is 10.2 Å². The summed E-state index contributed by atoms with van der Waals surface area (Å²) in [5.41, 5.74) is 0.358. The number of carbonyl (C=O) groups excluding carboxylic acids is 2. The van der Waals surface area contributed by atoms with E-state index >= 15 is 0 Å². The van der Waals surface area contributed by atoms with Gasteiger partial charge in [-0.15, -0.1) is 0 Å². The molecule has 1 N–H and O–H groups in total. The van der Waals surface area contributed by atoms with Crippen molar-refractivity contribution in [2.45, 2.75) is 47.0 Å². The molecule has 1 saturated carbocycles. The van der Waals surface area contributed by atoms with Gasteiger partial charge in [0.05, 0.1) is 0 Å². The minimum atomic E-state index is 0.115. The molecule has 1 spiro atoms. The Morgan fingerprint density at radius 3 is 2.10 bits per heavy atom. The van der Waals surface area contributed by atoms with Crippen LogP contribution in [0.15, 0.2) is 0 Å². The number of nitrogens with zero attached hydrogens (tertiary/aromatic N) is 1. The maximum Gasteiger partial charge on any atom is 0.226 e. The lowest BCUT2D eigenvalue weighted by atomic mass is 9.77. The lowest BCUT2D eigenvalue weighted by Crippen LogP contribution is -2.45. The molecule has 0 radical (unpaired) electrons. The van der Waals surface area contributed by atoms with Crippen molar-refractivity contribution in [3.8, 4) is 0 Å². The Kier molecular flexibility index (Phi) is 2.77. The fourth-order valence-corrected chi connectivity index (χ4v) is 4.30. The van der Waals surface area contributed by atoms with E-state index in [2.05, 4.69) is 33.0 Å². The molecular formula is C16H26N2O2. The van der Waals surface area contributed by atoms with E-state index in [1.807, 2.05) is 4.90 Å². The van der Waals surface area contributed by atoms with Gasteiger partial charge in [-0.2, -0.15) is 0 Å². The van der Waals surface area contributed by atoms with Crippen LogP contribution in [0.1, 0.15) is 47.0 Å². The van der Waals surface area contributed by atoms with Gasteiger partial charge in [0, 0.05) is 32.0 Å². The molecule has 0 atom stereocenters. The van der Waals surface area contributed by atoms with E-state index < -0.39 is 0 Å². The normalized spacial score (nSPS) is 30.4. The topological polar surface area (TPSA) is 49.4 Å². The third kappa shape index (κ3) is 1.80. The second-order valence-corrected chi connectivity index (χ2v) is 8.16. The van der Waals surface area contributed by atoms with Gasteiger partial charge in [-0.25, -0.2) is 0 Å². The number of hydrogen-bond donors (Lipinski definition) is 1. The zero-order valence-electron chi connectivity index (χ0n) is 13.1. The molecule has 3 rings (SSSR count). The zero-order valence-corrected chi connectivity index (χ0v) is 13.1. The van der Waals surface area contributed by atoms with Crippen LogP contribution in [0, 0.1) is 22.2 Å². The van der Waals surface area contributed by atoms with Crippen LogP contribution in [0.5, 0.6) is 0 Å². The number of carbonyl (C=O) groups is 2. The molecule has 4 nitrogen and oxygen atoms in total. The number of hydrogen-bond acceptors (Lipinski definition) is 2. The van der Waals surface area contributed by atoms with Crippen molar-refractivity contribution in [2.75, 3.05) is 19.6 Å². The van der Waals surface area contributed by atoms with E-state index in [4.69, 9.17) is 0 Å². The molecule has 4 heteroatoms. The Morgan fingerprint density at radius 1 is 1.15 bits per heavy atom. The second kappa shape index (κ2) is 3.99. The zero-order chi connectivity index (χ0) is 14.8. The Bertz CT molecular complexity index is 445. The lowest BCUT2D eigenvalue weighted by molar-refractivity contribution is -0.136. The van der Waals surface area contributed by atoms with Gasteiger partial charge in [0.2, 0.25) is 11.8 Å². The van der Waals surface area contributed by atoms with Gasteiger partial charge in [-0.05, 0) is 29.1 Å². The third-order valence-electron chi connectivity index (χ3n) is 6.60. The summed E-state index contributed by atoms with van der Waals surface area (Å²) in [4.78, 5) is 26.2. The summed E-state index contributed by atoms with van der Waals surface area (Å²) in [7, 11) is 0. The summed E-state index contributed by atoms with van der Waals surface area (Å²) >= 11 is 0. The van der Waals surface area contributed by atoms with Crippen LogP contribution in [-0.4, -0.2) is 36.3 Å². The number of rotatable bonds is 1. The van der Waals surface area contributed by atoms with Gasteiger partial charge in [-0.3, -0.25) is 9.59 Å². The monoisotopic (exact) mass is 278 g/mol. The van der Waals surface area contributed by atoms with E-state index in [1.165, 1.54) is 0 Å². The van der Waals surface area contributed by atoms with Crippen LogP contribution in [-0.2, 0) is 9.59 Å². The second-order valence-electron chi connectivity index (χ2n) is 8.16. The average Bonchev–Trinajstić information content (AvgIpc) is 2.64. The summed E-state index contributed by atoms with van der Waals surface area (Å²) in [6.07, 6.45) is 2.57. The van der Waals surface area contributed by atoms with Crippen molar-refractivity contribution in [1.29, 1.82) is 0 Å². The van der Waals surface area contributed by atoms with Gasteiger partial charge in [-0.1, -0.05) is 27.7 Å². The molecule has 0 aromatic rings. The maximum atomic E-state index is 12.7. The summed E-state index contributed by atoms with van der Waals surface area (Å²) < 4.78 is 0. The van der Waals surface area contributed by atoms with Gasteiger partial charge in [0.15, 0.2) is 0 Å². The van der Waals surface area contributed by atoms with Crippen molar-refractivity contribution in [3.63, 3.8) is 0 Å². The molecule has 20 heavy (non-hydrogen) atoms. The predicted octanol–water partition coefficient (Wildman–Crippen LogP) is 1.80. The molecule has 0 bridgehead atoms. The van der Waals surface area contributed by atoms with E-state index in [1.54, 1.807) is 0 Å². The van der Waals surface area contributed by atoms with E-state index in [-0.39, 0.29) is 28.1 Å². The summed E-state index contributed by atoms with van der Waals surface area (Å²) in [6.45, 7) is 11.2. The standard InChI is InChI=1S/C16H26N2O2/c1-14(2)12(15(14,3)4)13(20)18-7-5-16(6-8-18)9-11(19)17-10-16/h12H,5-10H2,1-4H3,(H,17,19). The fourth-order valence-electron chi connectivity index (χ4n) is 4.30. The average molecular weight is 278 g/mol. The molecule has 2 aliphatic heterocycles. The first-order valence-corrected chi connectivity index (χ1v) is 7.75. The molecule has 2 heterocycles. The van der Waals surface area contributed by atoms with Crippen LogP contribution >= 0.6 is 0 Å². The first kappa shape index (κ1) is 13.9. The van der Waals surface area contributed by atoms with E-state index in [9.17, 15) is 9.59 Å². The molecule has 2 saturated heterocycles. The van der Waals surface area contributed by atoms with E-state index in [0.29, 0.717) is 12.3 Å². The van der Waals surface area contributed by atoms with Gasteiger partial charge in [0.25, 0.3) is 0 Å². The van der Waals surface area contributed by atoms with Crippen LogP contribution in [0.25, 0.3) is 0 Å². The molecule has 0 aromatic heterocycles. The predicted molar refractivity (Wildman–Crippen MR) is 76.9 cm³/mol. The van der Waals surface area contributed by atoms with Crippen molar-refractivity contribution in [2.24, 2.45) is 22.2 Å². The summed E-state index contributed by atoms with van der Waals surface area (Å²) in [5, 5.41) is 2.94. The highest BCUT2D eigenvalue weighted by molar-refractivity contribution is 5.84.